The van der Waals surface area contributed by atoms with Gasteiger partial charge < -0.3 is 5.32 Å². The van der Waals surface area contributed by atoms with Crippen molar-refractivity contribution in [2.24, 2.45) is 0 Å². The maximum Gasteiger partial charge on any atom is 0.180 e. The predicted octanol–water partition coefficient (Wildman–Crippen LogP) is 1.01. The zero-order valence-electron chi connectivity index (χ0n) is 10.3. The summed E-state index contributed by atoms with van der Waals surface area (Å²) in [6.07, 6.45) is 4.68. The number of hydrogen-bond acceptors (Lipinski definition) is 6. The highest BCUT2D eigenvalue weighted by molar-refractivity contribution is 7.92. The third-order valence-electron chi connectivity index (χ3n) is 3.31. The number of sulfone groups is 1. The van der Waals surface area contributed by atoms with Gasteiger partial charge in [0.1, 0.15) is 11.3 Å². The number of aromatic nitrogens is 3. The van der Waals surface area contributed by atoms with E-state index in [4.69, 9.17) is 0 Å². The van der Waals surface area contributed by atoms with E-state index < -0.39 is 9.84 Å². The largest absolute Gasteiger partial charge is 0.369 e. The fourth-order valence-corrected chi connectivity index (χ4v) is 4.02. The Labute approximate surface area is 111 Å². The number of fused-ring (bicyclic) bond motifs is 1. The van der Waals surface area contributed by atoms with Crippen LogP contribution in [-0.4, -0.2) is 40.9 Å². The molecular formula is C12H14N4O2S. The molecule has 0 bridgehead atoms. The molecule has 1 N–H and O–H groups in total. The van der Waals surface area contributed by atoms with Crippen LogP contribution in [0.15, 0.2) is 24.5 Å². The molecule has 19 heavy (non-hydrogen) atoms. The molecule has 6 nitrogen and oxygen atoms in total. The summed E-state index contributed by atoms with van der Waals surface area (Å²) in [7, 11) is -2.92. The molecule has 1 aliphatic heterocycles. The Morgan fingerprint density at radius 3 is 2.89 bits per heavy atom. The van der Waals surface area contributed by atoms with Gasteiger partial charge in [0.15, 0.2) is 15.5 Å². The Balaban J connectivity index is 1.75. The first-order valence-corrected chi connectivity index (χ1v) is 7.90. The summed E-state index contributed by atoms with van der Waals surface area (Å²) in [4.78, 5) is 12.6. The normalized spacial score (nSPS) is 21.6. The van der Waals surface area contributed by atoms with Crippen molar-refractivity contribution in [1.29, 1.82) is 0 Å². The average Bonchev–Trinajstić information content (AvgIpc) is 2.75. The first-order valence-electron chi connectivity index (χ1n) is 6.18. The molecule has 0 spiro atoms. The first kappa shape index (κ1) is 12.3. The van der Waals surface area contributed by atoms with Crippen LogP contribution in [0, 0.1) is 0 Å². The summed E-state index contributed by atoms with van der Waals surface area (Å²) in [6, 6.07) is 3.61. The molecule has 2 aromatic rings. The van der Waals surface area contributed by atoms with Gasteiger partial charge in [-0.2, -0.15) is 0 Å². The lowest BCUT2D eigenvalue weighted by Gasteiger charge is -2.11. The maximum atomic E-state index is 11.7. The van der Waals surface area contributed by atoms with Crippen LogP contribution in [0.5, 0.6) is 0 Å². The van der Waals surface area contributed by atoms with Crippen LogP contribution in [0.2, 0.25) is 0 Å². The minimum atomic E-state index is -2.92. The van der Waals surface area contributed by atoms with Gasteiger partial charge in [-0.1, -0.05) is 0 Å². The molecule has 1 unspecified atom stereocenters. The lowest BCUT2D eigenvalue weighted by Crippen LogP contribution is -2.25. The van der Waals surface area contributed by atoms with E-state index in [0.717, 1.165) is 18.4 Å². The predicted molar refractivity (Wildman–Crippen MR) is 72.6 cm³/mol. The SMILES string of the molecule is O=S1(=O)CCCC1CNc1ccc2nccnc2n1. The number of nitrogens with one attached hydrogen (secondary N) is 1. The maximum absolute atomic E-state index is 11.7. The standard InChI is InChI=1S/C12H14N4O2S/c17-19(18)7-1-2-9(19)8-15-11-4-3-10-12(16-11)14-6-5-13-10/h3-6,9H,1-2,7-8H2,(H,14,15,16). The van der Waals surface area contributed by atoms with Gasteiger partial charge in [-0.3, -0.25) is 4.98 Å². The summed E-state index contributed by atoms with van der Waals surface area (Å²) in [5.74, 6) is 0.936. The Bertz CT molecular complexity index is 702. The summed E-state index contributed by atoms with van der Waals surface area (Å²) in [6.45, 7) is 0.404. The van der Waals surface area contributed by atoms with Gasteiger partial charge >= 0.3 is 0 Å². The van der Waals surface area contributed by atoms with Gasteiger partial charge in [0, 0.05) is 18.9 Å². The molecule has 2 aromatic heterocycles. The topological polar surface area (TPSA) is 84.8 Å². The van der Waals surface area contributed by atoms with Crippen LogP contribution in [0.1, 0.15) is 12.8 Å². The highest BCUT2D eigenvalue weighted by Crippen LogP contribution is 2.20. The van der Waals surface area contributed by atoms with Crippen molar-refractivity contribution in [1.82, 2.24) is 15.0 Å². The average molecular weight is 278 g/mol. The zero-order chi connectivity index (χ0) is 13.3. The van der Waals surface area contributed by atoms with E-state index in [2.05, 4.69) is 20.3 Å². The highest BCUT2D eigenvalue weighted by atomic mass is 32.2. The summed E-state index contributed by atoms with van der Waals surface area (Å²) in [5.41, 5.74) is 1.28. The zero-order valence-corrected chi connectivity index (χ0v) is 11.1. The molecule has 7 heteroatoms. The molecule has 1 atom stereocenters. The summed E-state index contributed by atoms with van der Waals surface area (Å²) >= 11 is 0. The van der Waals surface area contributed by atoms with E-state index in [0.29, 0.717) is 23.8 Å². The number of pyridine rings is 1. The molecule has 0 aliphatic carbocycles. The van der Waals surface area contributed by atoms with Crippen molar-refractivity contribution >= 4 is 26.8 Å². The minimum Gasteiger partial charge on any atom is -0.369 e. The van der Waals surface area contributed by atoms with Crippen LogP contribution in [0.4, 0.5) is 5.82 Å². The fourth-order valence-electron chi connectivity index (χ4n) is 2.26. The lowest BCUT2D eigenvalue weighted by atomic mass is 10.2. The van der Waals surface area contributed by atoms with Crippen molar-refractivity contribution in [3.05, 3.63) is 24.5 Å². The van der Waals surface area contributed by atoms with Crippen molar-refractivity contribution in [3.8, 4) is 0 Å². The van der Waals surface area contributed by atoms with Gasteiger partial charge in [-0.25, -0.2) is 18.4 Å². The van der Waals surface area contributed by atoms with Crippen LogP contribution in [0.25, 0.3) is 11.2 Å². The van der Waals surface area contributed by atoms with Crippen molar-refractivity contribution in [3.63, 3.8) is 0 Å². The Hall–Kier alpha value is -1.76. The molecule has 0 radical (unpaired) electrons. The second-order valence-corrected chi connectivity index (χ2v) is 7.01. The Morgan fingerprint density at radius 2 is 2.11 bits per heavy atom. The molecule has 100 valence electrons. The number of hydrogen-bond donors (Lipinski definition) is 1. The van der Waals surface area contributed by atoms with E-state index in [9.17, 15) is 8.42 Å². The second kappa shape index (κ2) is 4.73. The van der Waals surface area contributed by atoms with E-state index in [1.807, 2.05) is 6.07 Å². The van der Waals surface area contributed by atoms with E-state index in [1.165, 1.54) is 0 Å². The van der Waals surface area contributed by atoms with Gasteiger partial charge in [0.2, 0.25) is 0 Å². The van der Waals surface area contributed by atoms with Crippen LogP contribution in [0.3, 0.4) is 0 Å². The quantitative estimate of drug-likeness (QED) is 0.902. The molecule has 0 saturated carbocycles. The molecule has 3 heterocycles. The van der Waals surface area contributed by atoms with Crippen LogP contribution >= 0.6 is 0 Å². The molecule has 3 rings (SSSR count). The number of nitrogens with zero attached hydrogens (tertiary/aromatic N) is 3. The third kappa shape index (κ3) is 2.51. The smallest absolute Gasteiger partial charge is 0.180 e. The van der Waals surface area contributed by atoms with E-state index in [1.54, 1.807) is 18.5 Å². The number of anilines is 1. The molecule has 0 amide bonds. The van der Waals surface area contributed by atoms with Crippen LogP contribution < -0.4 is 5.32 Å². The molecule has 1 fully saturated rings. The minimum absolute atomic E-state index is 0.299. The fraction of sp³-hybridized carbons (Fsp3) is 0.417. The Morgan fingerprint density at radius 1 is 1.26 bits per heavy atom. The first-order chi connectivity index (χ1) is 9.15. The van der Waals surface area contributed by atoms with Gasteiger partial charge in [-0.15, -0.1) is 0 Å². The number of rotatable bonds is 3. The van der Waals surface area contributed by atoms with Gasteiger partial charge in [0.25, 0.3) is 0 Å². The van der Waals surface area contributed by atoms with Crippen molar-refractivity contribution < 1.29 is 8.42 Å². The summed E-state index contributed by atoms with van der Waals surface area (Å²) < 4.78 is 23.4. The van der Waals surface area contributed by atoms with Crippen molar-refractivity contribution in [2.45, 2.75) is 18.1 Å². The van der Waals surface area contributed by atoms with Gasteiger partial charge in [-0.05, 0) is 25.0 Å². The molecule has 1 aliphatic rings. The lowest BCUT2D eigenvalue weighted by molar-refractivity contribution is 0.591. The molecule has 1 saturated heterocycles. The summed E-state index contributed by atoms with van der Waals surface area (Å²) in [5, 5.41) is 2.78. The third-order valence-corrected chi connectivity index (χ3v) is 5.58. The second-order valence-electron chi connectivity index (χ2n) is 4.61. The van der Waals surface area contributed by atoms with Crippen LogP contribution in [-0.2, 0) is 9.84 Å². The van der Waals surface area contributed by atoms with Gasteiger partial charge in [0.05, 0.1) is 11.0 Å². The molecule has 0 aromatic carbocycles. The molecular weight excluding hydrogens is 264 g/mol. The van der Waals surface area contributed by atoms with E-state index in [-0.39, 0.29) is 5.25 Å². The highest BCUT2D eigenvalue weighted by Gasteiger charge is 2.30. The Kier molecular flexibility index (Phi) is 3.06. The monoisotopic (exact) mass is 278 g/mol. The van der Waals surface area contributed by atoms with Crippen molar-refractivity contribution in [2.75, 3.05) is 17.6 Å². The van der Waals surface area contributed by atoms with E-state index >= 15 is 0 Å².